The van der Waals surface area contributed by atoms with Crippen LogP contribution >= 0.6 is 0 Å². The van der Waals surface area contributed by atoms with Gasteiger partial charge in [-0.1, -0.05) is 63.2 Å². The van der Waals surface area contributed by atoms with E-state index in [1.165, 1.54) is 29.5 Å². The van der Waals surface area contributed by atoms with E-state index in [0.717, 1.165) is 38.2 Å². The third kappa shape index (κ3) is 6.67. The maximum absolute atomic E-state index is 12.1. The molecule has 1 aliphatic heterocycles. The van der Waals surface area contributed by atoms with Gasteiger partial charge < -0.3 is 9.64 Å². The van der Waals surface area contributed by atoms with E-state index in [4.69, 9.17) is 4.74 Å². The van der Waals surface area contributed by atoms with Gasteiger partial charge in [0.05, 0.1) is 0 Å². The van der Waals surface area contributed by atoms with Crippen LogP contribution in [0, 0.1) is 18.3 Å². The Bertz CT molecular complexity index is 850. The molecule has 1 aliphatic rings. The van der Waals surface area contributed by atoms with Gasteiger partial charge in [0, 0.05) is 11.8 Å². The summed E-state index contributed by atoms with van der Waals surface area (Å²) in [5.41, 5.74) is 3.65. The summed E-state index contributed by atoms with van der Waals surface area (Å²) in [5.74, 6) is 2.10. The third-order valence-electron chi connectivity index (χ3n) is 6.96. The standard InChI is InChI=1S/C28H39NO2/c1-5-27(30)28(3,4)16-19-29-17-14-23(15-18-29)20-24-11-8-9-13-26(24)31-21-25-12-7-6-10-22(25)2/h6-13,23H,5,14-21H2,1-4H3. The van der Waals surface area contributed by atoms with Crippen molar-refractivity contribution in [1.82, 2.24) is 4.90 Å². The van der Waals surface area contributed by atoms with Gasteiger partial charge in [-0.25, -0.2) is 0 Å². The maximum atomic E-state index is 12.1. The molecule has 1 saturated heterocycles. The lowest BCUT2D eigenvalue weighted by Gasteiger charge is -2.34. The van der Waals surface area contributed by atoms with Crippen LogP contribution < -0.4 is 4.74 Å². The summed E-state index contributed by atoms with van der Waals surface area (Å²) >= 11 is 0. The van der Waals surface area contributed by atoms with Crippen LogP contribution in [0.15, 0.2) is 48.5 Å². The number of rotatable bonds is 10. The number of benzene rings is 2. The Morgan fingerprint density at radius 2 is 1.68 bits per heavy atom. The third-order valence-corrected chi connectivity index (χ3v) is 6.96. The number of Topliss-reactive ketones (excluding diaryl/α,β-unsaturated/α-hetero) is 1. The minimum atomic E-state index is -0.195. The molecule has 2 aromatic rings. The van der Waals surface area contributed by atoms with E-state index in [-0.39, 0.29) is 5.41 Å². The molecule has 2 aromatic carbocycles. The fourth-order valence-corrected chi connectivity index (χ4v) is 4.52. The van der Waals surface area contributed by atoms with Crippen molar-refractivity contribution in [3.05, 3.63) is 65.2 Å². The number of aryl methyl sites for hydroxylation is 1. The van der Waals surface area contributed by atoms with Crippen LogP contribution in [0.5, 0.6) is 5.75 Å². The molecule has 1 heterocycles. The van der Waals surface area contributed by atoms with Gasteiger partial charge in [-0.2, -0.15) is 0 Å². The highest BCUT2D eigenvalue weighted by molar-refractivity contribution is 5.83. The van der Waals surface area contributed by atoms with Crippen molar-refractivity contribution in [1.29, 1.82) is 0 Å². The second kappa shape index (κ2) is 10.9. The first-order valence-corrected chi connectivity index (χ1v) is 11.9. The molecule has 0 spiro atoms. The Balaban J connectivity index is 1.49. The first-order valence-electron chi connectivity index (χ1n) is 11.9. The molecule has 1 fully saturated rings. The van der Waals surface area contributed by atoms with Gasteiger partial charge in [-0.05, 0) is 80.9 Å². The zero-order chi connectivity index (χ0) is 22.3. The predicted molar refractivity (Wildman–Crippen MR) is 129 cm³/mol. The molecule has 0 bridgehead atoms. The largest absolute Gasteiger partial charge is 0.489 e. The van der Waals surface area contributed by atoms with Crippen molar-refractivity contribution in [3.8, 4) is 5.75 Å². The number of hydrogen-bond donors (Lipinski definition) is 0. The molecule has 0 N–H and O–H groups in total. The number of ketones is 1. The Morgan fingerprint density at radius 3 is 2.35 bits per heavy atom. The van der Waals surface area contributed by atoms with E-state index in [0.29, 0.717) is 24.7 Å². The second-order valence-electron chi connectivity index (χ2n) is 9.72. The zero-order valence-corrected chi connectivity index (χ0v) is 19.8. The van der Waals surface area contributed by atoms with Crippen molar-refractivity contribution < 1.29 is 9.53 Å². The summed E-state index contributed by atoms with van der Waals surface area (Å²) in [5, 5.41) is 0. The van der Waals surface area contributed by atoms with Crippen molar-refractivity contribution >= 4 is 5.78 Å². The Labute approximate surface area is 188 Å². The number of carbonyl (C=O) groups is 1. The lowest BCUT2D eigenvalue weighted by molar-refractivity contribution is -0.127. The number of nitrogens with zero attached hydrogens (tertiary/aromatic N) is 1. The number of para-hydroxylation sites is 1. The minimum absolute atomic E-state index is 0.195. The number of likely N-dealkylation sites (tertiary alicyclic amines) is 1. The molecule has 3 nitrogen and oxygen atoms in total. The summed E-state index contributed by atoms with van der Waals surface area (Å²) in [4.78, 5) is 14.7. The van der Waals surface area contributed by atoms with Gasteiger partial charge in [0.15, 0.2) is 0 Å². The van der Waals surface area contributed by atoms with Crippen LogP contribution in [0.3, 0.4) is 0 Å². The minimum Gasteiger partial charge on any atom is -0.489 e. The average Bonchev–Trinajstić information content (AvgIpc) is 2.78. The lowest BCUT2D eigenvalue weighted by Crippen LogP contribution is -2.37. The van der Waals surface area contributed by atoms with Gasteiger partial charge in [0.1, 0.15) is 18.1 Å². The molecule has 0 saturated carbocycles. The van der Waals surface area contributed by atoms with E-state index < -0.39 is 0 Å². The quantitative estimate of drug-likeness (QED) is 0.456. The molecule has 168 valence electrons. The first-order chi connectivity index (χ1) is 14.9. The van der Waals surface area contributed by atoms with E-state index in [2.05, 4.69) is 74.2 Å². The van der Waals surface area contributed by atoms with E-state index in [1.54, 1.807) is 0 Å². The Hall–Kier alpha value is -2.13. The number of piperidine rings is 1. The molecule has 3 heteroatoms. The van der Waals surface area contributed by atoms with Crippen LogP contribution in [0.2, 0.25) is 0 Å². The van der Waals surface area contributed by atoms with Crippen LogP contribution in [0.1, 0.15) is 63.1 Å². The van der Waals surface area contributed by atoms with Gasteiger partial charge in [0.2, 0.25) is 0 Å². The van der Waals surface area contributed by atoms with Crippen molar-refractivity contribution in [3.63, 3.8) is 0 Å². The van der Waals surface area contributed by atoms with Crippen molar-refractivity contribution in [2.75, 3.05) is 19.6 Å². The Morgan fingerprint density at radius 1 is 1.03 bits per heavy atom. The van der Waals surface area contributed by atoms with Crippen molar-refractivity contribution in [2.24, 2.45) is 11.3 Å². The molecule has 0 unspecified atom stereocenters. The molecule has 0 atom stereocenters. The number of hydrogen-bond acceptors (Lipinski definition) is 3. The van der Waals surface area contributed by atoms with E-state index in [1.807, 2.05) is 6.92 Å². The van der Waals surface area contributed by atoms with E-state index in [9.17, 15) is 4.79 Å². The first kappa shape index (κ1) is 23.5. The number of carbonyl (C=O) groups excluding carboxylic acids is 1. The van der Waals surface area contributed by atoms with Gasteiger partial charge >= 0.3 is 0 Å². The maximum Gasteiger partial charge on any atom is 0.138 e. The van der Waals surface area contributed by atoms with E-state index >= 15 is 0 Å². The smallest absolute Gasteiger partial charge is 0.138 e. The lowest BCUT2D eigenvalue weighted by atomic mass is 9.82. The molecule has 0 aliphatic carbocycles. The second-order valence-corrected chi connectivity index (χ2v) is 9.72. The fourth-order valence-electron chi connectivity index (χ4n) is 4.52. The van der Waals surface area contributed by atoms with Crippen LogP contribution in [0.25, 0.3) is 0 Å². The summed E-state index contributed by atoms with van der Waals surface area (Å²) < 4.78 is 6.23. The zero-order valence-electron chi connectivity index (χ0n) is 19.8. The summed E-state index contributed by atoms with van der Waals surface area (Å²) in [6, 6.07) is 16.9. The predicted octanol–water partition coefficient (Wildman–Crippen LogP) is 6.22. The summed E-state index contributed by atoms with van der Waals surface area (Å²) in [6.45, 7) is 12.2. The van der Waals surface area contributed by atoms with Crippen LogP contribution in [-0.4, -0.2) is 30.3 Å². The monoisotopic (exact) mass is 421 g/mol. The Kier molecular flexibility index (Phi) is 8.31. The normalized spacial score (nSPS) is 15.7. The molecule has 31 heavy (non-hydrogen) atoms. The SMILES string of the molecule is CCC(=O)C(C)(C)CCN1CCC(Cc2ccccc2OCc2ccccc2C)CC1. The van der Waals surface area contributed by atoms with Gasteiger partial charge in [-0.3, -0.25) is 4.79 Å². The fraction of sp³-hybridized carbons (Fsp3) is 0.536. The molecule has 3 rings (SSSR count). The average molecular weight is 422 g/mol. The molecule has 0 radical (unpaired) electrons. The number of ether oxygens (including phenoxy) is 1. The van der Waals surface area contributed by atoms with Crippen LogP contribution in [0.4, 0.5) is 0 Å². The van der Waals surface area contributed by atoms with Crippen LogP contribution in [-0.2, 0) is 17.8 Å². The highest BCUT2D eigenvalue weighted by Gasteiger charge is 2.27. The molecular weight excluding hydrogens is 382 g/mol. The topological polar surface area (TPSA) is 29.5 Å². The molecule has 0 aromatic heterocycles. The van der Waals surface area contributed by atoms with Crippen molar-refractivity contribution in [2.45, 2.75) is 66.4 Å². The molecular formula is C28H39NO2. The summed E-state index contributed by atoms with van der Waals surface area (Å²) in [7, 11) is 0. The van der Waals surface area contributed by atoms with Gasteiger partial charge in [-0.15, -0.1) is 0 Å². The highest BCUT2D eigenvalue weighted by Crippen LogP contribution is 2.29. The molecule has 0 amide bonds. The summed E-state index contributed by atoms with van der Waals surface area (Å²) in [6.07, 6.45) is 5.11. The van der Waals surface area contributed by atoms with Gasteiger partial charge in [0.25, 0.3) is 0 Å². The highest BCUT2D eigenvalue weighted by atomic mass is 16.5.